The summed E-state index contributed by atoms with van der Waals surface area (Å²) < 4.78 is 45.6. The SMILES string of the molecule is COC(=O)Cn1c(=NC(=O)C2CCCN2S(C)(=O)=O)sc2cccc(F)c21. The van der Waals surface area contributed by atoms with Gasteiger partial charge in [0.25, 0.3) is 5.91 Å². The number of fused-ring (bicyclic) bond motifs is 1. The molecule has 1 atom stereocenters. The lowest BCUT2D eigenvalue weighted by Gasteiger charge is -2.18. The number of benzene rings is 1. The Morgan fingerprint density at radius 1 is 1.41 bits per heavy atom. The second-order valence-electron chi connectivity index (χ2n) is 6.12. The highest BCUT2D eigenvalue weighted by atomic mass is 32.2. The molecule has 0 N–H and O–H groups in total. The molecule has 1 aliphatic rings. The number of aromatic nitrogens is 1. The van der Waals surface area contributed by atoms with Crippen LogP contribution in [-0.4, -0.2) is 55.1 Å². The van der Waals surface area contributed by atoms with E-state index in [2.05, 4.69) is 9.73 Å². The highest BCUT2D eigenvalue weighted by Crippen LogP contribution is 2.23. The molecule has 0 spiro atoms. The number of sulfonamides is 1. The molecular formula is C16H18FN3O5S2. The van der Waals surface area contributed by atoms with E-state index in [1.54, 1.807) is 6.07 Å². The number of esters is 1. The van der Waals surface area contributed by atoms with Crippen molar-refractivity contribution in [3.8, 4) is 0 Å². The van der Waals surface area contributed by atoms with E-state index in [-0.39, 0.29) is 23.4 Å². The smallest absolute Gasteiger partial charge is 0.325 e. The molecular weight excluding hydrogens is 397 g/mol. The van der Waals surface area contributed by atoms with Crippen molar-refractivity contribution < 1.29 is 27.1 Å². The van der Waals surface area contributed by atoms with Gasteiger partial charge >= 0.3 is 5.97 Å². The van der Waals surface area contributed by atoms with Crippen LogP contribution >= 0.6 is 11.3 Å². The number of carbonyl (C=O) groups is 2. The highest BCUT2D eigenvalue weighted by Gasteiger charge is 2.36. The molecule has 2 heterocycles. The molecule has 1 fully saturated rings. The first kappa shape index (κ1) is 19.6. The standard InChI is InChI=1S/C16H18FN3O5S2/c1-25-13(21)9-19-14-10(17)5-3-7-12(14)26-16(19)18-15(22)11-6-4-8-20(11)27(2,23)24/h3,5,7,11H,4,6,8-9H2,1-2H3. The van der Waals surface area contributed by atoms with Crippen LogP contribution in [0.1, 0.15) is 12.8 Å². The third-order valence-electron chi connectivity index (χ3n) is 4.29. The first-order valence-corrected chi connectivity index (χ1v) is 10.8. The summed E-state index contributed by atoms with van der Waals surface area (Å²) in [5.41, 5.74) is 0.144. The lowest BCUT2D eigenvalue weighted by molar-refractivity contribution is -0.141. The van der Waals surface area contributed by atoms with Gasteiger partial charge in [-0.05, 0) is 25.0 Å². The second kappa shape index (κ2) is 7.49. The van der Waals surface area contributed by atoms with Crippen molar-refractivity contribution >= 4 is 43.5 Å². The van der Waals surface area contributed by atoms with Crippen LogP contribution in [-0.2, 0) is 30.9 Å². The van der Waals surface area contributed by atoms with Crippen molar-refractivity contribution in [2.75, 3.05) is 19.9 Å². The van der Waals surface area contributed by atoms with Gasteiger partial charge in [-0.1, -0.05) is 17.4 Å². The quantitative estimate of drug-likeness (QED) is 0.690. The maximum absolute atomic E-state index is 14.3. The summed E-state index contributed by atoms with van der Waals surface area (Å²) in [6.07, 6.45) is 1.97. The Kier molecular flexibility index (Phi) is 5.45. The lowest BCUT2D eigenvalue weighted by Crippen LogP contribution is -2.40. The topological polar surface area (TPSA) is 98.0 Å². The van der Waals surface area contributed by atoms with Crippen molar-refractivity contribution in [1.29, 1.82) is 0 Å². The molecule has 0 saturated carbocycles. The lowest BCUT2D eigenvalue weighted by atomic mass is 10.2. The zero-order chi connectivity index (χ0) is 19.8. The van der Waals surface area contributed by atoms with Crippen LogP contribution in [0.25, 0.3) is 10.2 Å². The van der Waals surface area contributed by atoms with Gasteiger partial charge in [0.1, 0.15) is 18.4 Å². The van der Waals surface area contributed by atoms with Crippen LogP contribution in [0.3, 0.4) is 0 Å². The molecule has 1 saturated heterocycles. The van der Waals surface area contributed by atoms with Crippen molar-refractivity contribution in [2.45, 2.75) is 25.4 Å². The van der Waals surface area contributed by atoms with E-state index in [9.17, 15) is 22.4 Å². The van der Waals surface area contributed by atoms with Crippen LogP contribution < -0.4 is 4.80 Å². The van der Waals surface area contributed by atoms with Crippen LogP contribution in [0.4, 0.5) is 4.39 Å². The molecule has 0 aliphatic carbocycles. The molecule has 1 amide bonds. The normalized spacial score (nSPS) is 18.9. The molecule has 27 heavy (non-hydrogen) atoms. The largest absolute Gasteiger partial charge is 0.468 e. The summed E-state index contributed by atoms with van der Waals surface area (Å²) >= 11 is 1.05. The number of nitrogens with zero attached hydrogens (tertiary/aromatic N) is 3. The summed E-state index contributed by atoms with van der Waals surface area (Å²) in [5, 5.41) is 0. The minimum Gasteiger partial charge on any atom is -0.468 e. The number of carbonyl (C=O) groups excluding carboxylic acids is 2. The average molecular weight is 415 g/mol. The number of thiazole rings is 1. The number of amides is 1. The van der Waals surface area contributed by atoms with Gasteiger partial charge in [0.15, 0.2) is 4.80 Å². The molecule has 146 valence electrons. The minimum absolute atomic E-state index is 0.117. The summed E-state index contributed by atoms with van der Waals surface area (Å²) in [6.45, 7) is -0.0576. The van der Waals surface area contributed by atoms with Gasteiger partial charge in [0.2, 0.25) is 10.0 Å². The second-order valence-corrected chi connectivity index (χ2v) is 9.06. The Labute approximate surface area is 158 Å². The monoisotopic (exact) mass is 415 g/mol. The van der Waals surface area contributed by atoms with Crippen molar-refractivity contribution in [3.05, 3.63) is 28.8 Å². The van der Waals surface area contributed by atoms with Crippen LogP contribution in [0, 0.1) is 5.82 Å². The summed E-state index contributed by atoms with van der Waals surface area (Å²) in [5.74, 6) is -1.81. The number of para-hydroxylation sites is 1. The number of ether oxygens (including phenoxy) is 1. The van der Waals surface area contributed by atoms with Crippen molar-refractivity contribution in [3.63, 3.8) is 0 Å². The van der Waals surface area contributed by atoms with E-state index in [4.69, 9.17) is 0 Å². The Bertz CT molecular complexity index is 1070. The number of hydrogen-bond donors (Lipinski definition) is 0. The zero-order valence-electron chi connectivity index (χ0n) is 14.7. The summed E-state index contributed by atoms with van der Waals surface area (Å²) in [4.78, 5) is 28.5. The van der Waals surface area contributed by atoms with E-state index >= 15 is 0 Å². The summed E-state index contributed by atoms with van der Waals surface area (Å²) in [6, 6.07) is 3.53. The van der Waals surface area contributed by atoms with E-state index < -0.39 is 33.8 Å². The highest BCUT2D eigenvalue weighted by molar-refractivity contribution is 7.88. The molecule has 0 radical (unpaired) electrons. The Morgan fingerprint density at radius 3 is 2.81 bits per heavy atom. The fraction of sp³-hybridized carbons (Fsp3) is 0.438. The fourth-order valence-corrected chi connectivity index (χ4v) is 5.23. The van der Waals surface area contributed by atoms with Crippen LogP contribution in [0.5, 0.6) is 0 Å². The van der Waals surface area contributed by atoms with Crippen molar-refractivity contribution in [1.82, 2.24) is 8.87 Å². The van der Waals surface area contributed by atoms with Gasteiger partial charge in [-0.25, -0.2) is 12.8 Å². The van der Waals surface area contributed by atoms with Crippen LogP contribution in [0.2, 0.25) is 0 Å². The first-order valence-electron chi connectivity index (χ1n) is 8.12. The molecule has 1 aromatic heterocycles. The fourth-order valence-electron chi connectivity index (χ4n) is 3.07. The Hall–Kier alpha value is -2.11. The zero-order valence-corrected chi connectivity index (χ0v) is 16.3. The predicted octanol–water partition coefficient (Wildman–Crippen LogP) is 0.866. The van der Waals surface area contributed by atoms with E-state index in [0.29, 0.717) is 17.5 Å². The van der Waals surface area contributed by atoms with Gasteiger partial charge < -0.3 is 9.30 Å². The van der Waals surface area contributed by atoms with Crippen LogP contribution in [0.15, 0.2) is 23.2 Å². The summed E-state index contributed by atoms with van der Waals surface area (Å²) in [7, 11) is -2.33. The minimum atomic E-state index is -3.54. The third-order valence-corrected chi connectivity index (χ3v) is 6.62. The van der Waals surface area contributed by atoms with E-state index in [0.717, 1.165) is 21.9 Å². The van der Waals surface area contributed by atoms with Gasteiger partial charge in [-0.2, -0.15) is 9.30 Å². The Morgan fingerprint density at radius 2 is 2.15 bits per heavy atom. The number of methoxy groups -OCH3 is 1. The number of halogens is 1. The average Bonchev–Trinajstić information content (AvgIpc) is 3.21. The van der Waals surface area contributed by atoms with Gasteiger partial charge in [0.05, 0.1) is 23.6 Å². The predicted molar refractivity (Wildman–Crippen MR) is 96.9 cm³/mol. The molecule has 1 aliphatic heterocycles. The number of hydrogen-bond acceptors (Lipinski definition) is 6. The van der Waals surface area contributed by atoms with Crippen molar-refractivity contribution in [2.24, 2.45) is 4.99 Å². The van der Waals surface area contributed by atoms with E-state index in [1.165, 1.54) is 23.8 Å². The maximum Gasteiger partial charge on any atom is 0.325 e. The molecule has 3 rings (SSSR count). The third kappa shape index (κ3) is 3.94. The first-order chi connectivity index (χ1) is 12.7. The molecule has 1 unspecified atom stereocenters. The van der Waals surface area contributed by atoms with Gasteiger partial charge in [-0.15, -0.1) is 0 Å². The molecule has 1 aromatic carbocycles. The van der Waals surface area contributed by atoms with Gasteiger partial charge in [-0.3, -0.25) is 9.59 Å². The van der Waals surface area contributed by atoms with E-state index in [1.807, 2.05) is 0 Å². The number of rotatable bonds is 4. The molecule has 8 nitrogen and oxygen atoms in total. The molecule has 11 heteroatoms. The molecule has 0 bridgehead atoms. The maximum atomic E-state index is 14.3. The molecule has 2 aromatic rings. The Balaban J connectivity index is 2.10. The van der Waals surface area contributed by atoms with Gasteiger partial charge in [0, 0.05) is 6.54 Å².